The Labute approximate surface area is 119 Å². The monoisotopic (exact) mass is 287 g/mol. The third-order valence-corrected chi connectivity index (χ3v) is 3.26. The zero-order valence-electron chi connectivity index (χ0n) is 12.0. The van der Waals surface area contributed by atoms with E-state index in [9.17, 15) is 4.79 Å². The maximum atomic E-state index is 11.5. The molecule has 0 unspecified atom stereocenters. The van der Waals surface area contributed by atoms with Crippen molar-refractivity contribution < 1.29 is 9.53 Å². The minimum atomic E-state index is -0.757. The lowest BCUT2D eigenvalue weighted by molar-refractivity contribution is -0.147. The van der Waals surface area contributed by atoms with E-state index in [1.807, 2.05) is 0 Å². The van der Waals surface area contributed by atoms with Crippen LogP contribution in [-0.4, -0.2) is 28.6 Å². The number of H-pyrrole nitrogens is 1. The van der Waals surface area contributed by atoms with Gasteiger partial charge in [0.1, 0.15) is 11.4 Å². The summed E-state index contributed by atoms with van der Waals surface area (Å²) in [4.78, 5) is 19.0. The number of hydrogen-bond donors (Lipinski definition) is 2. The van der Waals surface area contributed by atoms with Gasteiger partial charge in [-0.15, -0.1) is 0 Å². The number of nitrogens with zero attached hydrogens (tertiary/aromatic N) is 1. The minimum absolute atomic E-state index is 0.311. The van der Waals surface area contributed by atoms with Crippen LogP contribution in [0.15, 0.2) is 0 Å². The zero-order chi connectivity index (χ0) is 14.5. The maximum absolute atomic E-state index is 11.5. The van der Waals surface area contributed by atoms with Gasteiger partial charge in [-0.3, -0.25) is 10.1 Å². The first-order valence-corrected chi connectivity index (χ1v) is 6.85. The first-order chi connectivity index (χ1) is 8.90. The second-order valence-electron chi connectivity index (χ2n) is 5.03. The zero-order valence-corrected chi connectivity index (χ0v) is 12.7. The maximum Gasteiger partial charge on any atom is 0.325 e. The average molecular weight is 288 g/mol. The third kappa shape index (κ3) is 4.51. The Hall–Kier alpha value is -1.07. The highest BCUT2D eigenvalue weighted by molar-refractivity contribution is 6.30. The van der Waals surface area contributed by atoms with Crippen molar-refractivity contribution in [1.82, 2.24) is 15.3 Å². The highest BCUT2D eigenvalue weighted by Crippen LogP contribution is 2.15. The highest BCUT2D eigenvalue weighted by atomic mass is 35.5. The van der Waals surface area contributed by atoms with E-state index in [1.165, 1.54) is 7.11 Å². The first-order valence-electron chi connectivity index (χ1n) is 6.47. The number of rotatable bonds is 7. The van der Waals surface area contributed by atoms with Crippen molar-refractivity contribution in [1.29, 1.82) is 0 Å². The fourth-order valence-corrected chi connectivity index (χ4v) is 1.87. The van der Waals surface area contributed by atoms with Crippen LogP contribution in [0.4, 0.5) is 0 Å². The normalized spacial score (nSPS) is 11.6. The molecule has 0 aliphatic rings. The molecule has 0 fully saturated rings. The Morgan fingerprint density at radius 2 is 2.21 bits per heavy atom. The lowest BCUT2D eigenvalue weighted by atomic mass is 10.1. The molecule has 108 valence electrons. The molecule has 0 saturated carbocycles. The fraction of sp³-hybridized carbons (Fsp3) is 0.692. The molecule has 0 bridgehead atoms. The van der Waals surface area contributed by atoms with Gasteiger partial charge in [0.05, 0.1) is 12.8 Å². The predicted octanol–water partition coefficient (Wildman–Crippen LogP) is 2.45. The number of aryl methyl sites for hydroxylation is 1. The lowest BCUT2D eigenvalue weighted by Gasteiger charge is -2.22. The molecule has 2 N–H and O–H groups in total. The van der Waals surface area contributed by atoms with E-state index in [0.29, 0.717) is 11.7 Å². The largest absolute Gasteiger partial charge is 0.468 e. The summed E-state index contributed by atoms with van der Waals surface area (Å²) in [6.07, 6.45) is 3.07. The van der Waals surface area contributed by atoms with Gasteiger partial charge in [0, 0.05) is 13.0 Å². The Morgan fingerprint density at radius 3 is 2.79 bits per heavy atom. The van der Waals surface area contributed by atoms with E-state index in [1.54, 1.807) is 13.8 Å². The van der Waals surface area contributed by atoms with Gasteiger partial charge in [0.2, 0.25) is 0 Å². The number of carbonyl (C=O) groups excluding carboxylic acids is 1. The second-order valence-corrected chi connectivity index (χ2v) is 5.38. The van der Waals surface area contributed by atoms with E-state index >= 15 is 0 Å². The summed E-state index contributed by atoms with van der Waals surface area (Å²) >= 11 is 6.07. The summed E-state index contributed by atoms with van der Waals surface area (Å²) in [5.74, 6) is 0.578. The van der Waals surface area contributed by atoms with Crippen LogP contribution in [0.3, 0.4) is 0 Å². The van der Waals surface area contributed by atoms with Crippen LogP contribution in [0.5, 0.6) is 0 Å². The second kappa shape index (κ2) is 6.91. The standard InChI is InChI=1S/C13H22ClN3O2/c1-5-6-7-10-16-9(11(14)17-10)8-15-13(2,3)12(18)19-4/h15H,5-8H2,1-4H3,(H,16,17). The number of methoxy groups -OCH3 is 1. The molecule has 0 aromatic carbocycles. The smallest absolute Gasteiger partial charge is 0.325 e. The number of unbranched alkanes of at least 4 members (excludes halogenated alkanes) is 1. The molecule has 6 heteroatoms. The number of esters is 1. The number of nitrogens with one attached hydrogen (secondary N) is 2. The van der Waals surface area contributed by atoms with Gasteiger partial charge in [-0.1, -0.05) is 24.9 Å². The minimum Gasteiger partial charge on any atom is -0.468 e. The van der Waals surface area contributed by atoms with Crippen molar-refractivity contribution in [3.05, 3.63) is 16.7 Å². The summed E-state index contributed by atoms with van der Waals surface area (Å²) in [6.45, 7) is 6.11. The average Bonchev–Trinajstić information content (AvgIpc) is 2.73. The van der Waals surface area contributed by atoms with Crippen molar-refractivity contribution in [3.8, 4) is 0 Å². The number of imidazole rings is 1. The van der Waals surface area contributed by atoms with Crippen LogP contribution in [-0.2, 0) is 22.5 Å². The van der Waals surface area contributed by atoms with Crippen LogP contribution in [0.1, 0.15) is 45.1 Å². The number of aromatic nitrogens is 2. The van der Waals surface area contributed by atoms with E-state index in [4.69, 9.17) is 16.3 Å². The van der Waals surface area contributed by atoms with Crippen LogP contribution < -0.4 is 5.32 Å². The molecular formula is C13H22ClN3O2. The Bertz CT molecular complexity index is 430. The third-order valence-electron chi connectivity index (χ3n) is 2.95. The Kier molecular flexibility index (Phi) is 5.82. The van der Waals surface area contributed by atoms with Gasteiger partial charge in [0.15, 0.2) is 5.15 Å². The molecule has 1 aromatic heterocycles. The van der Waals surface area contributed by atoms with Crippen LogP contribution in [0.2, 0.25) is 5.15 Å². The summed E-state index contributed by atoms with van der Waals surface area (Å²) in [5.41, 5.74) is 0.0389. The van der Waals surface area contributed by atoms with E-state index < -0.39 is 5.54 Å². The number of carbonyl (C=O) groups is 1. The van der Waals surface area contributed by atoms with E-state index in [-0.39, 0.29) is 5.97 Å². The lowest BCUT2D eigenvalue weighted by Crippen LogP contribution is -2.47. The Morgan fingerprint density at radius 1 is 1.53 bits per heavy atom. The molecule has 0 radical (unpaired) electrons. The quantitative estimate of drug-likeness (QED) is 0.756. The summed E-state index contributed by atoms with van der Waals surface area (Å²) in [6, 6.07) is 0. The molecular weight excluding hydrogens is 266 g/mol. The Balaban J connectivity index is 2.62. The molecule has 0 spiro atoms. The topological polar surface area (TPSA) is 67.0 Å². The molecule has 0 amide bonds. The molecule has 0 atom stereocenters. The number of ether oxygens (including phenoxy) is 1. The molecule has 1 rings (SSSR count). The van der Waals surface area contributed by atoms with Crippen LogP contribution in [0, 0.1) is 0 Å². The van der Waals surface area contributed by atoms with Crippen molar-refractivity contribution in [3.63, 3.8) is 0 Å². The van der Waals surface area contributed by atoms with E-state index in [2.05, 4.69) is 22.2 Å². The fourth-order valence-electron chi connectivity index (χ4n) is 1.66. The van der Waals surface area contributed by atoms with Gasteiger partial charge >= 0.3 is 5.97 Å². The van der Waals surface area contributed by atoms with Gasteiger partial charge in [0.25, 0.3) is 0 Å². The summed E-state index contributed by atoms with van der Waals surface area (Å²) in [7, 11) is 1.37. The van der Waals surface area contributed by atoms with Gasteiger partial charge in [-0.05, 0) is 20.3 Å². The van der Waals surface area contributed by atoms with E-state index in [0.717, 1.165) is 30.8 Å². The molecule has 1 heterocycles. The summed E-state index contributed by atoms with van der Waals surface area (Å²) in [5, 5.41) is 3.56. The van der Waals surface area contributed by atoms with Crippen molar-refractivity contribution in [2.24, 2.45) is 0 Å². The number of halogens is 1. The van der Waals surface area contributed by atoms with Gasteiger partial charge in [-0.25, -0.2) is 4.98 Å². The van der Waals surface area contributed by atoms with Crippen molar-refractivity contribution >= 4 is 17.6 Å². The van der Waals surface area contributed by atoms with Crippen molar-refractivity contribution in [2.75, 3.05) is 7.11 Å². The molecule has 19 heavy (non-hydrogen) atoms. The molecule has 0 aliphatic heterocycles. The highest BCUT2D eigenvalue weighted by Gasteiger charge is 2.28. The predicted molar refractivity (Wildman–Crippen MR) is 75.1 cm³/mol. The van der Waals surface area contributed by atoms with Crippen molar-refractivity contribution in [2.45, 2.75) is 52.1 Å². The van der Waals surface area contributed by atoms with Gasteiger partial charge < -0.3 is 9.72 Å². The molecule has 0 aliphatic carbocycles. The number of aromatic amines is 1. The van der Waals surface area contributed by atoms with Crippen LogP contribution >= 0.6 is 11.6 Å². The molecule has 0 saturated heterocycles. The SMILES string of the molecule is CCCCc1nc(Cl)c(CNC(C)(C)C(=O)OC)[nH]1. The molecule has 1 aromatic rings. The summed E-state index contributed by atoms with van der Waals surface area (Å²) < 4.78 is 4.73. The first kappa shape index (κ1) is 16.0. The van der Waals surface area contributed by atoms with Crippen LogP contribution in [0.25, 0.3) is 0 Å². The van der Waals surface area contributed by atoms with Gasteiger partial charge in [-0.2, -0.15) is 0 Å². The molecule has 5 nitrogen and oxygen atoms in total. The number of hydrogen-bond acceptors (Lipinski definition) is 4.